The number of rotatable bonds is 5. The van der Waals surface area contributed by atoms with Crippen LogP contribution in [0.1, 0.15) is 20.3 Å². The normalized spacial score (nSPS) is 21.0. The zero-order valence-corrected chi connectivity index (χ0v) is 14.9. The maximum Gasteiger partial charge on any atom is 0.227 e. The molecule has 2 aromatic carbocycles. The van der Waals surface area contributed by atoms with Crippen molar-refractivity contribution in [3.63, 3.8) is 0 Å². The summed E-state index contributed by atoms with van der Waals surface area (Å²) in [4.78, 5) is 5.37. The highest BCUT2D eigenvalue weighted by Crippen LogP contribution is 2.52. The van der Waals surface area contributed by atoms with E-state index in [1.807, 2.05) is 74.5 Å². The monoisotopic (exact) mass is 343 g/mol. The molecule has 0 aliphatic carbocycles. The van der Waals surface area contributed by atoms with Crippen LogP contribution in [-0.2, 0) is 14.1 Å². The lowest BCUT2D eigenvalue weighted by Crippen LogP contribution is -2.37. The molecule has 0 aromatic heterocycles. The summed E-state index contributed by atoms with van der Waals surface area (Å²) in [5.41, 5.74) is 0.523. The number of oxime groups is 1. The van der Waals surface area contributed by atoms with Crippen molar-refractivity contribution in [3.8, 4) is 0 Å². The van der Waals surface area contributed by atoms with Crippen molar-refractivity contribution in [2.45, 2.75) is 32.2 Å². The molecule has 24 heavy (non-hydrogen) atoms. The molecule has 5 heteroatoms. The third kappa shape index (κ3) is 3.17. The van der Waals surface area contributed by atoms with Crippen molar-refractivity contribution in [1.82, 2.24) is 0 Å². The Labute approximate surface area is 142 Å². The maximum absolute atomic E-state index is 14.3. The fourth-order valence-electron chi connectivity index (χ4n) is 3.10. The fourth-order valence-corrected chi connectivity index (χ4v) is 6.39. The van der Waals surface area contributed by atoms with E-state index in [2.05, 4.69) is 5.16 Å². The predicted octanol–water partition coefficient (Wildman–Crippen LogP) is 3.53. The zero-order chi connectivity index (χ0) is 17.0. The van der Waals surface area contributed by atoms with Gasteiger partial charge in [0.15, 0.2) is 7.14 Å². The SMILES string of the molecule is CCO[C@@H]1C[C@@H](P(=O)(c2ccccc2)c2ccccc2)C(C)=NO1. The lowest BCUT2D eigenvalue weighted by Gasteiger charge is -2.33. The Hall–Kier alpha value is -1.90. The van der Waals surface area contributed by atoms with Gasteiger partial charge in [-0.05, 0) is 13.8 Å². The average Bonchev–Trinajstić information content (AvgIpc) is 2.64. The summed E-state index contributed by atoms with van der Waals surface area (Å²) in [6.45, 7) is 4.33. The van der Waals surface area contributed by atoms with Gasteiger partial charge >= 0.3 is 0 Å². The Balaban J connectivity index is 2.10. The van der Waals surface area contributed by atoms with Gasteiger partial charge in [-0.25, -0.2) is 0 Å². The van der Waals surface area contributed by atoms with Gasteiger partial charge in [0, 0.05) is 23.6 Å². The van der Waals surface area contributed by atoms with E-state index in [0.717, 1.165) is 16.3 Å². The Bertz CT molecular complexity index is 702. The van der Waals surface area contributed by atoms with E-state index in [1.54, 1.807) is 0 Å². The molecule has 2 atom stereocenters. The molecule has 3 rings (SSSR count). The second-order valence-electron chi connectivity index (χ2n) is 5.80. The van der Waals surface area contributed by atoms with Crippen molar-refractivity contribution in [2.75, 3.05) is 6.61 Å². The molecule has 4 nitrogen and oxygen atoms in total. The highest BCUT2D eigenvalue weighted by atomic mass is 31.2. The molecule has 1 heterocycles. The van der Waals surface area contributed by atoms with Crippen molar-refractivity contribution < 1.29 is 14.1 Å². The minimum atomic E-state index is -2.91. The summed E-state index contributed by atoms with van der Waals surface area (Å²) in [6.07, 6.45) is 0.0778. The van der Waals surface area contributed by atoms with Gasteiger partial charge in [0.1, 0.15) is 0 Å². The molecule has 0 saturated heterocycles. The second-order valence-corrected chi connectivity index (χ2v) is 8.78. The van der Waals surface area contributed by atoms with Gasteiger partial charge < -0.3 is 14.1 Å². The highest BCUT2D eigenvalue weighted by molar-refractivity contribution is 7.80. The van der Waals surface area contributed by atoms with Crippen LogP contribution in [0.5, 0.6) is 0 Å². The smallest absolute Gasteiger partial charge is 0.227 e. The molecular weight excluding hydrogens is 321 g/mol. The van der Waals surface area contributed by atoms with Gasteiger partial charge in [-0.3, -0.25) is 0 Å². The second kappa shape index (κ2) is 7.33. The molecule has 0 amide bonds. The van der Waals surface area contributed by atoms with Crippen LogP contribution in [0.2, 0.25) is 0 Å². The summed E-state index contributed by atoms with van der Waals surface area (Å²) in [6, 6.07) is 19.3. The van der Waals surface area contributed by atoms with Gasteiger partial charge in [-0.1, -0.05) is 65.8 Å². The van der Waals surface area contributed by atoms with Gasteiger partial charge in [0.25, 0.3) is 0 Å². The summed E-state index contributed by atoms with van der Waals surface area (Å²) in [5, 5.41) is 5.83. The summed E-state index contributed by atoms with van der Waals surface area (Å²) >= 11 is 0. The lowest BCUT2D eigenvalue weighted by atomic mass is 10.2. The van der Waals surface area contributed by atoms with Crippen LogP contribution < -0.4 is 10.6 Å². The zero-order valence-electron chi connectivity index (χ0n) is 14.0. The molecule has 0 fully saturated rings. The van der Waals surface area contributed by atoms with E-state index in [-0.39, 0.29) is 5.66 Å². The molecule has 2 aromatic rings. The Morgan fingerprint density at radius 1 is 1.08 bits per heavy atom. The molecule has 0 N–H and O–H groups in total. The number of hydrogen-bond acceptors (Lipinski definition) is 4. The van der Waals surface area contributed by atoms with Crippen molar-refractivity contribution >= 4 is 23.5 Å². The van der Waals surface area contributed by atoms with Crippen LogP contribution in [-0.4, -0.2) is 24.3 Å². The number of hydrogen-bond donors (Lipinski definition) is 0. The molecule has 0 radical (unpaired) electrons. The molecule has 0 unspecified atom stereocenters. The van der Waals surface area contributed by atoms with Gasteiger partial charge in [-0.2, -0.15) is 0 Å². The van der Waals surface area contributed by atoms with Gasteiger partial charge in [0.2, 0.25) is 6.29 Å². The Morgan fingerprint density at radius 3 is 2.12 bits per heavy atom. The average molecular weight is 343 g/mol. The van der Waals surface area contributed by atoms with E-state index < -0.39 is 13.4 Å². The van der Waals surface area contributed by atoms with Crippen LogP contribution in [0.15, 0.2) is 65.8 Å². The number of benzene rings is 2. The fraction of sp³-hybridized carbons (Fsp3) is 0.316. The van der Waals surface area contributed by atoms with E-state index in [9.17, 15) is 4.57 Å². The minimum Gasteiger partial charge on any atom is -0.364 e. The van der Waals surface area contributed by atoms with E-state index in [0.29, 0.717) is 13.0 Å². The van der Waals surface area contributed by atoms with Crippen LogP contribution in [0.3, 0.4) is 0 Å². The van der Waals surface area contributed by atoms with Crippen molar-refractivity contribution in [3.05, 3.63) is 60.7 Å². The molecule has 0 saturated carbocycles. The summed E-state index contributed by atoms with van der Waals surface area (Å²) < 4.78 is 19.9. The van der Waals surface area contributed by atoms with E-state index in [1.165, 1.54) is 0 Å². The van der Waals surface area contributed by atoms with Crippen molar-refractivity contribution in [1.29, 1.82) is 0 Å². The number of ether oxygens (including phenoxy) is 1. The van der Waals surface area contributed by atoms with Crippen LogP contribution in [0.25, 0.3) is 0 Å². The first-order valence-corrected chi connectivity index (χ1v) is 9.96. The van der Waals surface area contributed by atoms with Gasteiger partial charge in [0.05, 0.1) is 11.4 Å². The Morgan fingerprint density at radius 2 is 1.62 bits per heavy atom. The van der Waals surface area contributed by atoms with Crippen molar-refractivity contribution in [2.24, 2.45) is 5.16 Å². The molecule has 1 aliphatic rings. The topological polar surface area (TPSA) is 47.9 Å². The largest absolute Gasteiger partial charge is 0.364 e. The molecule has 0 spiro atoms. The number of nitrogens with zero attached hydrogens (tertiary/aromatic N) is 1. The molecule has 126 valence electrons. The first-order chi connectivity index (χ1) is 11.7. The molecule has 0 bridgehead atoms. The van der Waals surface area contributed by atoms with Crippen LogP contribution >= 0.6 is 7.14 Å². The third-order valence-electron chi connectivity index (χ3n) is 4.28. The minimum absolute atomic E-state index is 0.229. The lowest BCUT2D eigenvalue weighted by molar-refractivity contribution is -0.146. The maximum atomic E-state index is 14.3. The first kappa shape index (κ1) is 16.9. The van der Waals surface area contributed by atoms with E-state index in [4.69, 9.17) is 9.57 Å². The third-order valence-corrected chi connectivity index (χ3v) is 7.88. The quantitative estimate of drug-likeness (QED) is 0.781. The first-order valence-electron chi connectivity index (χ1n) is 8.19. The molecular formula is C19H22NO3P. The summed E-state index contributed by atoms with van der Waals surface area (Å²) in [7, 11) is -2.91. The standard InChI is InChI=1S/C19H22NO3P/c1-3-22-19-14-18(15(2)20-23-19)24(21,16-10-6-4-7-11-16)17-12-8-5-9-13-17/h4-13,18-19H,3,14H2,1-2H3/t18-,19+/m1/s1. The van der Waals surface area contributed by atoms with Crippen LogP contribution in [0, 0.1) is 0 Å². The molecule has 1 aliphatic heterocycles. The van der Waals surface area contributed by atoms with E-state index >= 15 is 0 Å². The highest BCUT2D eigenvalue weighted by Gasteiger charge is 2.42. The predicted molar refractivity (Wildman–Crippen MR) is 97.8 cm³/mol. The summed E-state index contributed by atoms with van der Waals surface area (Å²) in [5.74, 6) is 0. The Kier molecular flexibility index (Phi) is 5.17. The van der Waals surface area contributed by atoms with Gasteiger partial charge in [-0.15, -0.1) is 0 Å². The van der Waals surface area contributed by atoms with Crippen LogP contribution in [0.4, 0.5) is 0 Å².